The number of fused-ring (bicyclic) bond motifs is 3. The average molecular weight is 315 g/mol. The first-order valence-electron chi connectivity index (χ1n) is 7.74. The summed E-state index contributed by atoms with van der Waals surface area (Å²) in [6.45, 7) is 1.96. The number of carbonyl (C=O) groups is 1. The highest BCUT2D eigenvalue weighted by Gasteiger charge is 2.24. The molecule has 1 saturated heterocycles. The van der Waals surface area contributed by atoms with E-state index >= 15 is 0 Å². The Morgan fingerprint density at radius 3 is 2.83 bits per heavy atom. The van der Waals surface area contributed by atoms with Gasteiger partial charge in [0.05, 0.1) is 17.3 Å². The van der Waals surface area contributed by atoms with Crippen LogP contribution >= 0.6 is 0 Å². The molecule has 0 radical (unpaired) electrons. The van der Waals surface area contributed by atoms with Crippen LogP contribution in [0.4, 0.5) is 4.39 Å². The number of primary amides is 1. The number of hydrogen-bond donors (Lipinski definition) is 2. The van der Waals surface area contributed by atoms with Gasteiger partial charge in [0.1, 0.15) is 17.0 Å². The Bertz CT molecular complexity index is 920. The van der Waals surface area contributed by atoms with Gasteiger partial charge in [-0.2, -0.15) is 5.10 Å². The van der Waals surface area contributed by atoms with E-state index in [1.165, 1.54) is 12.1 Å². The summed E-state index contributed by atoms with van der Waals surface area (Å²) in [5.74, 6) is -0.710. The van der Waals surface area contributed by atoms with Gasteiger partial charge >= 0.3 is 0 Å². The molecular weight excluding hydrogens is 297 g/mol. The third-order valence-electron chi connectivity index (χ3n) is 4.76. The molecule has 1 amide bonds. The molecule has 4 rings (SSSR count). The summed E-state index contributed by atoms with van der Waals surface area (Å²) >= 11 is 0. The van der Waals surface area contributed by atoms with E-state index in [-0.39, 0.29) is 5.56 Å². The van der Waals surface area contributed by atoms with E-state index < -0.39 is 11.7 Å². The standard InChI is InChI=1S/C16H18FN5O/c1-21-13-7-10(17)6-11(15(18)23)14(13)22-16(21)12(8-20-22)9-2-4-19-5-3-9/h6-9,19H,2-5H2,1H3,(H2,18,23). The van der Waals surface area contributed by atoms with E-state index in [0.717, 1.165) is 37.1 Å². The first-order chi connectivity index (χ1) is 11.1. The Kier molecular flexibility index (Phi) is 3.12. The summed E-state index contributed by atoms with van der Waals surface area (Å²) in [5, 5.41) is 7.81. The van der Waals surface area contributed by atoms with Gasteiger partial charge in [-0.05, 0) is 44.0 Å². The summed E-state index contributed by atoms with van der Waals surface area (Å²) in [5.41, 5.74) is 8.82. The summed E-state index contributed by atoms with van der Waals surface area (Å²) in [6, 6.07) is 2.60. The smallest absolute Gasteiger partial charge is 0.251 e. The number of hydrogen-bond acceptors (Lipinski definition) is 3. The molecule has 0 bridgehead atoms. The SMILES string of the molecule is Cn1c2cc(F)cc(C(N)=O)c2n2ncc(C3CCNCC3)c12. The molecule has 0 aliphatic carbocycles. The average Bonchev–Trinajstić information content (AvgIpc) is 3.08. The molecule has 6 nitrogen and oxygen atoms in total. The molecule has 120 valence electrons. The largest absolute Gasteiger partial charge is 0.366 e. The van der Waals surface area contributed by atoms with Crippen molar-refractivity contribution >= 4 is 22.6 Å². The van der Waals surface area contributed by atoms with Crippen molar-refractivity contribution in [2.75, 3.05) is 13.1 Å². The minimum Gasteiger partial charge on any atom is -0.366 e. The highest BCUT2D eigenvalue weighted by molar-refractivity contribution is 6.05. The van der Waals surface area contributed by atoms with Crippen LogP contribution in [0.15, 0.2) is 18.3 Å². The molecule has 0 atom stereocenters. The third-order valence-corrected chi connectivity index (χ3v) is 4.76. The fraction of sp³-hybridized carbons (Fsp3) is 0.375. The maximum Gasteiger partial charge on any atom is 0.251 e. The molecule has 2 aromatic heterocycles. The lowest BCUT2D eigenvalue weighted by Crippen LogP contribution is -2.26. The molecular formula is C16H18FN5O. The number of nitrogens with two attached hydrogens (primary N) is 1. The predicted octanol–water partition coefficient (Wildman–Crippen LogP) is 1.53. The lowest BCUT2D eigenvalue weighted by molar-refractivity contribution is 0.100. The number of halogens is 1. The van der Waals surface area contributed by atoms with E-state index in [2.05, 4.69) is 10.4 Å². The highest BCUT2D eigenvalue weighted by atomic mass is 19.1. The maximum absolute atomic E-state index is 13.9. The second-order valence-electron chi connectivity index (χ2n) is 6.10. The van der Waals surface area contributed by atoms with Gasteiger partial charge in [0.25, 0.3) is 5.91 Å². The van der Waals surface area contributed by atoms with Crippen molar-refractivity contribution in [1.82, 2.24) is 19.5 Å². The number of nitrogens with zero attached hydrogens (tertiary/aromatic N) is 3. The van der Waals surface area contributed by atoms with Crippen LogP contribution in [-0.2, 0) is 7.05 Å². The summed E-state index contributed by atoms with van der Waals surface area (Å²) < 4.78 is 17.5. The summed E-state index contributed by atoms with van der Waals surface area (Å²) in [4.78, 5) is 11.7. The van der Waals surface area contributed by atoms with Crippen molar-refractivity contribution in [3.05, 3.63) is 35.3 Å². The number of rotatable bonds is 2. The monoisotopic (exact) mass is 315 g/mol. The van der Waals surface area contributed by atoms with Gasteiger partial charge in [0, 0.05) is 12.6 Å². The fourth-order valence-electron chi connectivity index (χ4n) is 3.64. The van der Waals surface area contributed by atoms with Gasteiger partial charge in [0.15, 0.2) is 0 Å². The summed E-state index contributed by atoms with van der Waals surface area (Å²) in [7, 11) is 1.87. The molecule has 1 aliphatic heterocycles. The van der Waals surface area contributed by atoms with Gasteiger partial charge in [-0.1, -0.05) is 0 Å². The molecule has 0 saturated carbocycles. The molecule has 3 N–H and O–H groups in total. The Morgan fingerprint density at radius 2 is 2.13 bits per heavy atom. The van der Waals surface area contributed by atoms with E-state index in [1.807, 2.05) is 17.8 Å². The molecule has 23 heavy (non-hydrogen) atoms. The van der Waals surface area contributed by atoms with Crippen LogP contribution in [0.25, 0.3) is 16.7 Å². The van der Waals surface area contributed by atoms with Crippen LogP contribution in [0.3, 0.4) is 0 Å². The van der Waals surface area contributed by atoms with Crippen molar-refractivity contribution in [2.45, 2.75) is 18.8 Å². The zero-order chi connectivity index (χ0) is 16.1. The number of nitrogens with one attached hydrogen (secondary N) is 1. The Hall–Kier alpha value is -2.41. The van der Waals surface area contributed by atoms with Gasteiger partial charge < -0.3 is 15.6 Å². The third kappa shape index (κ3) is 2.03. The fourth-order valence-corrected chi connectivity index (χ4v) is 3.64. The van der Waals surface area contributed by atoms with Crippen molar-refractivity contribution in [2.24, 2.45) is 12.8 Å². The molecule has 1 aromatic carbocycles. The molecule has 1 aliphatic rings. The second-order valence-corrected chi connectivity index (χ2v) is 6.10. The number of imidazole rings is 1. The van der Waals surface area contributed by atoms with Gasteiger partial charge in [0.2, 0.25) is 0 Å². The molecule has 0 spiro atoms. The second kappa shape index (κ2) is 5.06. The van der Waals surface area contributed by atoms with Gasteiger partial charge in [-0.3, -0.25) is 4.79 Å². The highest BCUT2D eigenvalue weighted by Crippen LogP contribution is 2.32. The van der Waals surface area contributed by atoms with Crippen LogP contribution < -0.4 is 11.1 Å². The number of benzene rings is 1. The van der Waals surface area contributed by atoms with Crippen molar-refractivity contribution in [3.8, 4) is 0 Å². The zero-order valence-electron chi connectivity index (χ0n) is 12.8. The van der Waals surface area contributed by atoms with Crippen molar-refractivity contribution in [1.29, 1.82) is 0 Å². The topological polar surface area (TPSA) is 77.3 Å². The first kappa shape index (κ1) is 14.2. The number of aryl methyl sites for hydroxylation is 1. The minimum absolute atomic E-state index is 0.158. The van der Waals surface area contributed by atoms with Crippen molar-refractivity contribution in [3.63, 3.8) is 0 Å². The van der Waals surface area contributed by atoms with E-state index in [1.54, 1.807) is 4.52 Å². The Morgan fingerprint density at radius 1 is 1.39 bits per heavy atom. The van der Waals surface area contributed by atoms with Gasteiger partial charge in [-0.15, -0.1) is 0 Å². The molecule has 3 heterocycles. The van der Waals surface area contributed by atoms with Gasteiger partial charge in [-0.25, -0.2) is 8.91 Å². The Balaban J connectivity index is 2.03. The maximum atomic E-state index is 13.9. The van der Waals surface area contributed by atoms with E-state index in [9.17, 15) is 9.18 Å². The number of carbonyl (C=O) groups excluding carboxylic acids is 1. The lowest BCUT2D eigenvalue weighted by Gasteiger charge is -2.21. The molecule has 1 fully saturated rings. The quantitative estimate of drug-likeness (QED) is 0.753. The Labute approximate surface area is 132 Å². The minimum atomic E-state index is -0.652. The van der Waals surface area contributed by atoms with Crippen LogP contribution in [0.2, 0.25) is 0 Å². The zero-order valence-corrected chi connectivity index (χ0v) is 12.8. The van der Waals surface area contributed by atoms with Crippen LogP contribution in [0.1, 0.15) is 34.7 Å². The summed E-state index contributed by atoms with van der Waals surface area (Å²) in [6.07, 6.45) is 3.94. The van der Waals surface area contributed by atoms with E-state index in [4.69, 9.17) is 5.73 Å². The van der Waals surface area contributed by atoms with E-state index in [0.29, 0.717) is 17.0 Å². The molecule has 3 aromatic rings. The normalized spacial score (nSPS) is 16.4. The first-order valence-corrected chi connectivity index (χ1v) is 7.74. The molecule has 0 unspecified atom stereocenters. The number of piperidine rings is 1. The molecule has 7 heteroatoms. The predicted molar refractivity (Wildman–Crippen MR) is 85.0 cm³/mol. The van der Waals surface area contributed by atoms with Crippen LogP contribution in [0.5, 0.6) is 0 Å². The lowest BCUT2D eigenvalue weighted by atomic mass is 9.92. The van der Waals surface area contributed by atoms with Crippen LogP contribution in [0, 0.1) is 5.82 Å². The van der Waals surface area contributed by atoms with Crippen molar-refractivity contribution < 1.29 is 9.18 Å². The number of amides is 1. The number of aromatic nitrogens is 3. The van der Waals surface area contributed by atoms with Crippen LogP contribution in [-0.4, -0.2) is 33.2 Å².